The number of aliphatic carboxylic acids is 1. The van der Waals surface area contributed by atoms with Gasteiger partial charge in [0, 0.05) is 25.1 Å². The van der Waals surface area contributed by atoms with Crippen molar-refractivity contribution in [1.29, 1.82) is 0 Å². The molecule has 1 atom stereocenters. The zero-order valence-electron chi connectivity index (χ0n) is 17.0. The Morgan fingerprint density at radius 2 is 1.57 bits per heavy atom. The summed E-state index contributed by atoms with van der Waals surface area (Å²) in [4.78, 5) is 26.2. The number of amides is 1. The fourth-order valence-corrected chi connectivity index (χ4v) is 4.66. The molecule has 0 saturated carbocycles. The molecule has 1 amide bonds. The molecule has 3 aromatic carbocycles. The largest absolute Gasteiger partial charge is 0.481 e. The van der Waals surface area contributed by atoms with Crippen molar-refractivity contribution < 1.29 is 14.7 Å². The van der Waals surface area contributed by atoms with E-state index in [1.54, 1.807) is 0 Å². The second-order valence-corrected chi connectivity index (χ2v) is 8.14. The summed E-state index contributed by atoms with van der Waals surface area (Å²) >= 11 is 0. The maximum atomic E-state index is 13.1. The van der Waals surface area contributed by atoms with Gasteiger partial charge in [0.25, 0.3) is 5.91 Å². The van der Waals surface area contributed by atoms with E-state index in [1.807, 2.05) is 59.5 Å². The molecule has 4 nitrogen and oxygen atoms in total. The van der Waals surface area contributed by atoms with Crippen LogP contribution in [0.4, 0.5) is 0 Å². The summed E-state index contributed by atoms with van der Waals surface area (Å²) in [6, 6.07) is 24.2. The van der Waals surface area contributed by atoms with Gasteiger partial charge in [-0.25, -0.2) is 0 Å². The standard InChI is InChI=1S/C26H27NO3/c28-25(29)13-12-24(20-7-2-1-3-8-20)21-14-16-27(17-15-21)26(30)23-11-10-19-6-4-5-9-22(19)18-23/h1-11,18,21,24H,12-17H2,(H,28,29). The minimum absolute atomic E-state index is 0.0843. The highest BCUT2D eigenvalue weighted by molar-refractivity contribution is 5.98. The van der Waals surface area contributed by atoms with E-state index in [9.17, 15) is 14.7 Å². The predicted molar refractivity (Wildman–Crippen MR) is 119 cm³/mol. The van der Waals surface area contributed by atoms with E-state index < -0.39 is 5.97 Å². The zero-order valence-corrected chi connectivity index (χ0v) is 17.0. The molecule has 3 aromatic rings. The number of carboxylic acids is 1. The molecular formula is C26H27NO3. The zero-order chi connectivity index (χ0) is 20.9. The molecule has 1 aliphatic rings. The van der Waals surface area contributed by atoms with Gasteiger partial charge in [0.2, 0.25) is 0 Å². The summed E-state index contributed by atoms with van der Waals surface area (Å²) in [7, 11) is 0. The third-order valence-corrected chi connectivity index (χ3v) is 6.29. The van der Waals surface area contributed by atoms with E-state index in [-0.39, 0.29) is 18.2 Å². The van der Waals surface area contributed by atoms with Crippen LogP contribution in [0, 0.1) is 5.92 Å². The average molecular weight is 402 g/mol. The van der Waals surface area contributed by atoms with Gasteiger partial charge in [0.1, 0.15) is 0 Å². The second kappa shape index (κ2) is 9.12. The average Bonchev–Trinajstić information content (AvgIpc) is 2.79. The number of hydrogen-bond acceptors (Lipinski definition) is 2. The van der Waals surface area contributed by atoms with Crippen LogP contribution in [0.3, 0.4) is 0 Å². The summed E-state index contributed by atoms with van der Waals surface area (Å²) in [5.41, 5.74) is 1.94. The normalized spacial score (nSPS) is 15.8. The van der Waals surface area contributed by atoms with Crippen molar-refractivity contribution in [3.63, 3.8) is 0 Å². The van der Waals surface area contributed by atoms with Gasteiger partial charge >= 0.3 is 5.97 Å². The van der Waals surface area contributed by atoms with Crippen molar-refractivity contribution in [2.75, 3.05) is 13.1 Å². The summed E-state index contributed by atoms with van der Waals surface area (Å²) in [6.45, 7) is 1.43. The van der Waals surface area contributed by atoms with Gasteiger partial charge < -0.3 is 10.0 Å². The molecule has 0 radical (unpaired) electrons. The molecule has 1 heterocycles. The molecule has 0 spiro atoms. The van der Waals surface area contributed by atoms with Crippen LogP contribution in [0.1, 0.15) is 47.5 Å². The fourth-order valence-electron chi connectivity index (χ4n) is 4.66. The number of carbonyl (C=O) groups excluding carboxylic acids is 1. The van der Waals surface area contributed by atoms with Gasteiger partial charge in [-0.3, -0.25) is 9.59 Å². The Morgan fingerprint density at radius 3 is 2.27 bits per heavy atom. The number of rotatable bonds is 6. The van der Waals surface area contributed by atoms with Gasteiger partial charge in [0.05, 0.1) is 0 Å². The molecule has 4 heteroatoms. The molecular weight excluding hydrogens is 374 g/mol. The van der Waals surface area contributed by atoms with Crippen LogP contribution >= 0.6 is 0 Å². The quantitative estimate of drug-likeness (QED) is 0.606. The molecule has 0 aliphatic carbocycles. The molecule has 0 aromatic heterocycles. The molecule has 1 aliphatic heterocycles. The summed E-state index contributed by atoms with van der Waals surface area (Å²) in [5.74, 6) is -0.0477. The van der Waals surface area contributed by atoms with Crippen LogP contribution in [-0.2, 0) is 4.79 Å². The Bertz CT molecular complexity index is 1020. The topological polar surface area (TPSA) is 57.6 Å². The van der Waals surface area contributed by atoms with E-state index in [1.165, 1.54) is 5.56 Å². The third-order valence-electron chi connectivity index (χ3n) is 6.29. The van der Waals surface area contributed by atoms with Crippen molar-refractivity contribution >= 4 is 22.6 Å². The Hall–Kier alpha value is -3.14. The van der Waals surface area contributed by atoms with Crippen molar-refractivity contribution in [3.05, 3.63) is 83.9 Å². The van der Waals surface area contributed by atoms with Crippen molar-refractivity contribution in [1.82, 2.24) is 4.90 Å². The lowest BCUT2D eigenvalue weighted by molar-refractivity contribution is -0.137. The highest BCUT2D eigenvalue weighted by Crippen LogP contribution is 2.36. The summed E-state index contributed by atoms with van der Waals surface area (Å²) in [5, 5.41) is 11.4. The molecule has 1 unspecified atom stereocenters. The first kappa shape index (κ1) is 20.1. The Kier molecular flexibility index (Phi) is 6.12. The van der Waals surface area contributed by atoms with Gasteiger partial charge in [-0.05, 0) is 59.6 Å². The number of hydrogen-bond donors (Lipinski definition) is 1. The van der Waals surface area contributed by atoms with E-state index in [4.69, 9.17) is 0 Å². The van der Waals surface area contributed by atoms with E-state index in [0.717, 1.165) is 29.2 Å². The monoisotopic (exact) mass is 401 g/mol. The Balaban J connectivity index is 1.44. The number of likely N-dealkylation sites (tertiary alicyclic amines) is 1. The maximum Gasteiger partial charge on any atom is 0.303 e. The lowest BCUT2D eigenvalue weighted by atomic mass is 9.77. The molecule has 30 heavy (non-hydrogen) atoms. The second-order valence-electron chi connectivity index (χ2n) is 8.14. The van der Waals surface area contributed by atoms with Crippen LogP contribution in [0.2, 0.25) is 0 Å². The van der Waals surface area contributed by atoms with Crippen LogP contribution in [0.5, 0.6) is 0 Å². The first-order valence-electron chi connectivity index (χ1n) is 10.7. The highest BCUT2D eigenvalue weighted by Gasteiger charge is 2.30. The molecule has 4 rings (SSSR count). The number of carboxylic acid groups (broad SMARTS) is 1. The van der Waals surface area contributed by atoms with Crippen LogP contribution in [-0.4, -0.2) is 35.0 Å². The minimum atomic E-state index is -0.750. The van der Waals surface area contributed by atoms with E-state index >= 15 is 0 Å². The van der Waals surface area contributed by atoms with Crippen molar-refractivity contribution in [2.24, 2.45) is 5.92 Å². The van der Waals surface area contributed by atoms with Crippen LogP contribution in [0.25, 0.3) is 10.8 Å². The molecule has 1 N–H and O–H groups in total. The Labute approximate surface area is 177 Å². The van der Waals surface area contributed by atoms with E-state index in [0.29, 0.717) is 25.4 Å². The molecule has 1 saturated heterocycles. The number of carbonyl (C=O) groups is 2. The molecule has 154 valence electrons. The first-order chi connectivity index (χ1) is 14.6. The van der Waals surface area contributed by atoms with Gasteiger partial charge in [-0.1, -0.05) is 60.7 Å². The smallest absolute Gasteiger partial charge is 0.303 e. The lowest BCUT2D eigenvalue weighted by Gasteiger charge is -2.36. The predicted octanol–water partition coefficient (Wildman–Crippen LogP) is 5.34. The number of benzene rings is 3. The fraction of sp³-hybridized carbons (Fsp3) is 0.308. The van der Waals surface area contributed by atoms with Gasteiger partial charge in [-0.2, -0.15) is 0 Å². The number of piperidine rings is 1. The van der Waals surface area contributed by atoms with Crippen molar-refractivity contribution in [3.8, 4) is 0 Å². The lowest BCUT2D eigenvalue weighted by Crippen LogP contribution is -2.39. The SMILES string of the molecule is O=C(O)CCC(c1ccccc1)C1CCN(C(=O)c2ccc3ccccc3c2)CC1. The molecule has 0 bridgehead atoms. The Morgan fingerprint density at radius 1 is 0.900 bits per heavy atom. The number of nitrogens with zero attached hydrogens (tertiary/aromatic N) is 1. The third kappa shape index (κ3) is 4.54. The van der Waals surface area contributed by atoms with E-state index in [2.05, 4.69) is 18.2 Å². The maximum absolute atomic E-state index is 13.1. The molecule has 1 fully saturated rings. The van der Waals surface area contributed by atoms with Gasteiger partial charge in [0.15, 0.2) is 0 Å². The first-order valence-corrected chi connectivity index (χ1v) is 10.7. The van der Waals surface area contributed by atoms with Crippen LogP contribution in [0.15, 0.2) is 72.8 Å². The van der Waals surface area contributed by atoms with Gasteiger partial charge in [-0.15, -0.1) is 0 Å². The van der Waals surface area contributed by atoms with Crippen LogP contribution < -0.4 is 0 Å². The highest BCUT2D eigenvalue weighted by atomic mass is 16.4. The van der Waals surface area contributed by atoms with Crippen molar-refractivity contribution in [2.45, 2.75) is 31.6 Å². The minimum Gasteiger partial charge on any atom is -0.481 e. The summed E-state index contributed by atoms with van der Waals surface area (Å²) in [6.07, 6.45) is 2.62. The number of fused-ring (bicyclic) bond motifs is 1. The summed E-state index contributed by atoms with van der Waals surface area (Å²) < 4.78 is 0.